The molecule has 46 heavy (non-hydrogen) atoms. The molecule has 0 fully saturated rings. The van der Waals surface area contributed by atoms with Crippen molar-refractivity contribution in [3.63, 3.8) is 0 Å². The monoisotopic (exact) mass is 613 g/mol. The van der Waals surface area contributed by atoms with Crippen molar-refractivity contribution in [2.45, 2.75) is 58.0 Å². The minimum absolute atomic E-state index is 0.0326. The maximum absolute atomic E-state index is 12.5. The van der Waals surface area contributed by atoms with Crippen LogP contribution in [0.5, 0.6) is 5.75 Å². The van der Waals surface area contributed by atoms with Gasteiger partial charge in [-0.2, -0.15) is 0 Å². The van der Waals surface area contributed by atoms with Crippen molar-refractivity contribution in [2.75, 3.05) is 11.9 Å². The largest absolute Gasteiger partial charge is 0.478 e. The number of hydrogen-bond acceptors (Lipinski definition) is 5. The third-order valence-electron chi connectivity index (χ3n) is 8.27. The van der Waals surface area contributed by atoms with Gasteiger partial charge in [-0.15, -0.1) is 0 Å². The number of carbonyl (C=O) groups excluding carboxylic acids is 1. The van der Waals surface area contributed by atoms with E-state index in [1.807, 2.05) is 66.7 Å². The van der Waals surface area contributed by atoms with Crippen LogP contribution in [0.25, 0.3) is 5.57 Å². The molecule has 1 aliphatic rings. The van der Waals surface area contributed by atoms with E-state index in [9.17, 15) is 14.7 Å². The average Bonchev–Trinajstić information content (AvgIpc) is 3.03. The number of carbonyl (C=O) groups is 2. The van der Waals surface area contributed by atoms with Crippen LogP contribution in [0.3, 0.4) is 0 Å². The van der Waals surface area contributed by atoms with E-state index in [0.29, 0.717) is 16.9 Å². The number of aliphatic hydroxyl groups excluding tert-OH is 1. The number of esters is 1. The first-order valence-electron chi connectivity index (χ1n) is 15.3. The number of fused-ring (bicyclic) bond motifs is 1. The highest BCUT2D eigenvalue weighted by molar-refractivity contribution is 5.87. The molecular weight excluding hydrogens is 574 g/mol. The zero-order valence-electron chi connectivity index (χ0n) is 26.8. The number of benzene rings is 4. The van der Waals surface area contributed by atoms with E-state index in [1.54, 1.807) is 12.1 Å². The van der Waals surface area contributed by atoms with Crippen LogP contribution in [0.15, 0.2) is 97.1 Å². The van der Waals surface area contributed by atoms with E-state index >= 15 is 0 Å². The number of rotatable bonds is 7. The number of aromatic carboxylic acids is 1. The summed E-state index contributed by atoms with van der Waals surface area (Å²) in [5, 5.41) is 23.1. The molecule has 1 atom stereocenters. The highest BCUT2D eigenvalue weighted by Gasteiger charge is 2.29. The Morgan fingerprint density at radius 3 is 2.24 bits per heavy atom. The highest BCUT2D eigenvalue weighted by Crippen LogP contribution is 2.42. The highest BCUT2D eigenvalue weighted by atomic mass is 16.5. The van der Waals surface area contributed by atoms with E-state index < -0.39 is 12.1 Å². The summed E-state index contributed by atoms with van der Waals surface area (Å²) in [6.45, 7) is 10.8. The number of ether oxygens (including phenoxy) is 1. The Bertz CT molecular complexity index is 1830. The number of anilines is 1. The normalized spacial score (nSPS) is 14.2. The molecule has 0 bridgehead atoms. The molecule has 0 aromatic heterocycles. The van der Waals surface area contributed by atoms with Crippen LogP contribution in [-0.2, 0) is 15.6 Å². The molecule has 4 aromatic carbocycles. The fourth-order valence-corrected chi connectivity index (χ4v) is 5.44. The summed E-state index contributed by atoms with van der Waals surface area (Å²) in [6.07, 6.45) is 2.09. The Morgan fingerprint density at radius 1 is 0.935 bits per heavy atom. The molecule has 0 aliphatic heterocycles. The molecule has 0 heterocycles. The topological polar surface area (TPSA) is 95.9 Å². The van der Waals surface area contributed by atoms with Gasteiger partial charge < -0.3 is 20.3 Å². The lowest BCUT2D eigenvalue weighted by Crippen LogP contribution is -2.22. The van der Waals surface area contributed by atoms with Gasteiger partial charge in [0.15, 0.2) is 0 Å². The Kier molecular flexibility index (Phi) is 9.18. The molecule has 1 unspecified atom stereocenters. The van der Waals surface area contributed by atoms with Gasteiger partial charge in [-0.05, 0) is 99.2 Å². The van der Waals surface area contributed by atoms with Crippen LogP contribution >= 0.6 is 0 Å². The zero-order chi connectivity index (χ0) is 33.1. The van der Waals surface area contributed by atoms with E-state index in [2.05, 4.69) is 57.9 Å². The van der Waals surface area contributed by atoms with Gasteiger partial charge in [0.2, 0.25) is 0 Å². The van der Waals surface area contributed by atoms with E-state index in [1.165, 1.54) is 17.7 Å². The lowest BCUT2D eigenvalue weighted by molar-refractivity contribution is -0.132. The first-order chi connectivity index (χ1) is 21.8. The molecule has 0 amide bonds. The summed E-state index contributed by atoms with van der Waals surface area (Å²) < 4.78 is 5.50. The zero-order valence-corrected chi connectivity index (χ0v) is 26.8. The Morgan fingerprint density at radius 2 is 1.61 bits per heavy atom. The Hall–Kier alpha value is -5.12. The molecule has 4 aromatic rings. The summed E-state index contributed by atoms with van der Waals surface area (Å²) in [5.41, 5.74) is 7.83. The van der Waals surface area contributed by atoms with Gasteiger partial charge in [0, 0.05) is 11.3 Å². The van der Waals surface area contributed by atoms with Crippen LogP contribution in [0.1, 0.15) is 90.9 Å². The van der Waals surface area contributed by atoms with E-state index in [-0.39, 0.29) is 28.9 Å². The number of aliphatic hydroxyl groups is 1. The third-order valence-corrected chi connectivity index (χ3v) is 8.27. The molecule has 5 rings (SSSR count). The summed E-state index contributed by atoms with van der Waals surface area (Å²) in [4.78, 5) is 23.6. The lowest BCUT2D eigenvalue weighted by atomic mass is 9.71. The van der Waals surface area contributed by atoms with Crippen LogP contribution in [0, 0.1) is 11.8 Å². The number of carboxylic acids is 1. The predicted octanol–water partition coefficient (Wildman–Crippen LogP) is 7.90. The van der Waals surface area contributed by atoms with Crippen molar-refractivity contribution in [3.8, 4) is 17.6 Å². The van der Waals surface area contributed by atoms with Crippen LogP contribution in [0.2, 0.25) is 0 Å². The molecule has 6 nitrogen and oxygen atoms in total. The smallest absolute Gasteiger partial charge is 0.335 e. The van der Waals surface area contributed by atoms with Crippen molar-refractivity contribution in [2.24, 2.45) is 0 Å². The second kappa shape index (κ2) is 13.1. The molecular formula is C40H39NO5. The number of hydrogen-bond donors (Lipinski definition) is 3. The first-order valence-corrected chi connectivity index (χ1v) is 15.3. The fraction of sp³-hybridized carbons (Fsp3) is 0.250. The van der Waals surface area contributed by atoms with Crippen molar-refractivity contribution in [1.82, 2.24) is 0 Å². The quantitative estimate of drug-likeness (QED) is 0.111. The van der Waals surface area contributed by atoms with Gasteiger partial charge in [0.05, 0.1) is 5.56 Å². The summed E-state index contributed by atoms with van der Waals surface area (Å²) in [5.74, 6) is 5.01. The number of allylic oxidation sites excluding steroid dienone is 1. The second-order valence-corrected chi connectivity index (χ2v) is 13.2. The first kappa shape index (κ1) is 32.3. The van der Waals surface area contributed by atoms with Gasteiger partial charge in [-0.25, -0.2) is 9.59 Å². The van der Waals surface area contributed by atoms with Gasteiger partial charge in [0.25, 0.3) is 0 Å². The van der Waals surface area contributed by atoms with Crippen molar-refractivity contribution in [3.05, 3.63) is 136 Å². The molecule has 0 saturated carbocycles. The van der Waals surface area contributed by atoms with Crippen molar-refractivity contribution in [1.29, 1.82) is 0 Å². The molecule has 0 spiro atoms. The minimum Gasteiger partial charge on any atom is -0.478 e. The number of nitrogens with one attached hydrogen (secondary N) is 1. The van der Waals surface area contributed by atoms with Gasteiger partial charge >= 0.3 is 11.9 Å². The van der Waals surface area contributed by atoms with Crippen molar-refractivity contribution < 1.29 is 24.5 Å². The SMILES string of the molecule is CC(C)(C)c1ccc(OC(=O)CNc2ccc(C3=CCC(C)(C)c4cc(C(O)C#Cc5ccc(C(=O)O)cc5)ccc43)cc2)cc1. The maximum Gasteiger partial charge on any atom is 0.335 e. The standard InChI is InChI=1S/C40H39NO5/c1-39(2,3)30-14-18-32(19-15-30)46-37(43)25-41-31-16-11-27(12-17-31)33-22-23-40(4,5)35-24-29(13-20-34(33)35)36(42)21-8-26-6-9-28(10-7-26)38(44)45/h6-7,9-20,22,24,36,41-42H,23,25H2,1-5H3,(H,44,45). The average molecular weight is 614 g/mol. The second-order valence-electron chi connectivity index (χ2n) is 13.2. The molecule has 234 valence electrons. The molecule has 0 saturated heterocycles. The molecule has 3 N–H and O–H groups in total. The van der Waals surface area contributed by atoms with Crippen LogP contribution < -0.4 is 10.1 Å². The Balaban J connectivity index is 1.25. The maximum atomic E-state index is 12.5. The minimum atomic E-state index is -0.992. The van der Waals surface area contributed by atoms with Crippen LogP contribution in [-0.4, -0.2) is 28.7 Å². The van der Waals surface area contributed by atoms with Gasteiger partial charge in [-0.1, -0.05) is 95.0 Å². The third kappa shape index (κ3) is 7.56. The van der Waals surface area contributed by atoms with E-state index in [4.69, 9.17) is 9.84 Å². The lowest BCUT2D eigenvalue weighted by Gasteiger charge is -2.33. The Labute approximate surface area is 270 Å². The summed E-state index contributed by atoms with van der Waals surface area (Å²) in [7, 11) is 0. The molecule has 6 heteroatoms. The van der Waals surface area contributed by atoms with Gasteiger partial charge in [-0.3, -0.25) is 0 Å². The molecule has 1 aliphatic carbocycles. The predicted molar refractivity (Wildman–Crippen MR) is 182 cm³/mol. The van der Waals surface area contributed by atoms with Crippen LogP contribution in [0.4, 0.5) is 5.69 Å². The fourth-order valence-electron chi connectivity index (χ4n) is 5.44. The summed E-state index contributed by atoms with van der Waals surface area (Å²) in [6, 6.07) is 27.9. The number of carboxylic acid groups (broad SMARTS) is 1. The van der Waals surface area contributed by atoms with Crippen molar-refractivity contribution >= 4 is 23.2 Å². The van der Waals surface area contributed by atoms with E-state index in [0.717, 1.165) is 34.4 Å². The summed E-state index contributed by atoms with van der Waals surface area (Å²) >= 11 is 0. The van der Waals surface area contributed by atoms with Gasteiger partial charge in [0.1, 0.15) is 18.4 Å². The molecule has 0 radical (unpaired) electrons.